The van der Waals surface area contributed by atoms with Crippen LogP contribution in [0.25, 0.3) is 0 Å². The maximum Gasteiger partial charge on any atom is 0.299 e. The summed E-state index contributed by atoms with van der Waals surface area (Å²) in [4.78, 5) is 13.8. The van der Waals surface area contributed by atoms with Gasteiger partial charge in [-0.3, -0.25) is 9.35 Å². The van der Waals surface area contributed by atoms with E-state index in [1.165, 1.54) is 0 Å². The van der Waals surface area contributed by atoms with Crippen LogP contribution in [0.15, 0.2) is 121 Å². The topological polar surface area (TPSA) is 71.4 Å². The van der Waals surface area contributed by atoms with Crippen LogP contribution in [0.4, 0.5) is 0 Å². The lowest BCUT2D eigenvalue weighted by atomic mass is 10.1. The van der Waals surface area contributed by atoms with Crippen molar-refractivity contribution in [3.05, 3.63) is 127 Å². The largest absolute Gasteiger partial charge is 0.299 e. The van der Waals surface area contributed by atoms with E-state index in [9.17, 15) is 17.8 Å². The molecule has 0 radical (unpaired) electrons. The Morgan fingerprint density at radius 3 is 1.19 bits per heavy atom. The molecule has 4 nitrogen and oxygen atoms in total. The van der Waals surface area contributed by atoms with Gasteiger partial charge in [-0.2, -0.15) is 8.42 Å². The molecule has 0 aliphatic heterocycles. The van der Waals surface area contributed by atoms with Gasteiger partial charge in [-0.05, 0) is 15.9 Å². The summed E-state index contributed by atoms with van der Waals surface area (Å²) >= 11 is 0. The monoisotopic (exact) mass is 460 g/mol. The first-order valence-electron chi connectivity index (χ1n) is 9.96. The van der Waals surface area contributed by atoms with Crippen LogP contribution in [0.1, 0.15) is 10.4 Å². The third kappa shape index (κ3) is 3.98. The summed E-state index contributed by atoms with van der Waals surface area (Å²) in [5, 5.41) is 1.98. The molecule has 160 valence electrons. The Morgan fingerprint density at radius 1 is 0.562 bits per heavy atom. The van der Waals surface area contributed by atoms with Crippen LogP contribution >= 0.6 is 6.89 Å². The SMILES string of the molecule is O=C(C(=P(c1ccccc1)(c1ccccc1)c1ccccc1)S(=O)(=O)O)c1ccccc1. The molecule has 0 fully saturated rings. The predicted octanol–water partition coefficient (Wildman–Crippen LogP) is 3.88. The normalized spacial score (nSPS) is 11.7. The molecule has 0 atom stereocenters. The highest BCUT2D eigenvalue weighted by atomic mass is 32.2. The first-order chi connectivity index (χ1) is 15.5. The van der Waals surface area contributed by atoms with Gasteiger partial charge in [0.05, 0.1) is 0 Å². The summed E-state index contributed by atoms with van der Waals surface area (Å²) in [5.41, 5.74) is 0.201. The van der Waals surface area contributed by atoms with E-state index in [0.29, 0.717) is 15.9 Å². The van der Waals surface area contributed by atoms with Crippen molar-refractivity contribution in [3.63, 3.8) is 0 Å². The van der Waals surface area contributed by atoms with E-state index in [2.05, 4.69) is 0 Å². The lowest BCUT2D eigenvalue weighted by Gasteiger charge is -2.31. The summed E-state index contributed by atoms with van der Waals surface area (Å²) < 4.78 is 36.1. The molecule has 32 heavy (non-hydrogen) atoms. The Bertz CT molecular complexity index is 1280. The molecule has 0 saturated carbocycles. The van der Waals surface area contributed by atoms with E-state index in [1.807, 2.05) is 91.0 Å². The van der Waals surface area contributed by atoms with Crippen LogP contribution in [-0.4, -0.2) is 23.4 Å². The molecular formula is C26H21O4PS. The minimum Gasteiger partial charge on any atom is -0.288 e. The van der Waals surface area contributed by atoms with Gasteiger partial charge in [0.2, 0.25) is 5.78 Å². The van der Waals surface area contributed by atoms with Crippen molar-refractivity contribution < 1.29 is 17.8 Å². The number of hydrogen-bond donors (Lipinski definition) is 1. The van der Waals surface area contributed by atoms with E-state index in [1.54, 1.807) is 30.3 Å². The smallest absolute Gasteiger partial charge is 0.288 e. The molecule has 0 heterocycles. The summed E-state index contributed by atoms with van der Waals surface area (Å²) in [6, 6.07) is 35.5. The molecule has 6 heteroatoms. The van der Waals surface area contributed by atoms with E-state index >= 15 is 0 Å². The Labute approximate surface area is 187 Å². The first kappa shape index (κ1) is 22.0. The fourth-order valence-electron chi connectivity index (χ4n) is 3.91. The van der Waals surface area contributed by atoms with Crippen LogP contribution in [0.2, 0.25) is 0 Å². The molecule has 0 aliphatic carbocycles. The van der Waals surface area contributed by atoms with Crippen LogP contribution in [0, 0.1) is 0 Å². The fourth-order valence-corrected chi connectivity index (χ4v) is 10.5. The molecule has 4 aromatic rings. The average molecular weight is 460 g/mol. The van der Waals surface area contributed by atoms with Crippen molar-refractivity contribution in [2.24, 2.45) is 0 Å². The van der Waals surface area contributed by atoms with Gasteiger partial charge in [0.1, 0.15) is 0 Å². The van der Waals surface area contributed by atoms with E-state index in [0.717, 1.165) is 0 Å². The third-order valence-electron chi connectivity index (χ3n) is 5.21. The lowest BCUT2D eigenvalue weighted by molar-refractivity contribution is 0.107. The maximum atomic E-state index is 13.8. The molecule has 1 N–H and O–H groups in total. The number of hydrogen-bond acceptors (Lipinski definition) is 3. The zero-order valence-corrected chi connectivity index (χ0v) is 18.8. The van der Waals surface area contributed by atoms with Crippen LogP contribution < -0.4 is 15.9 Å². The van der Waals surface area contributed by atoms with Gasteiger partial charge >= 0.3 is 0 Å². The molecule has 4 rings (SSSR count). The Hall–Kier alpha value is -3.24. The van der Waals surface area contributed by atoms with Crippen molar-refractivity contribution in [3.8, 4) is 0 Å². The molecule has 0 spiro atoms. The van der Waals surface area contributed by atoms with Crippen molar-refractivity contribution in [2.75, 3.05) is 0 Å². The molecule has 0 unspecified atom stereocenters. The lowest BCUT2D eigenvalue weighted by Crippen LogP contribution is -2.37. The fraction of sp³-hybridized carbons (Fsp3) is 0. The molecule has 4 aromatic carbocycles. The Kier molecular flexibility index (Phi) is 6.24. The quantitative estimate of drug-likeness (QED) is 0.269. The number of benzene rings is 4. The van der Waals surface area contributed by atoms with Gasteiger partial charge in [-0.15, -0.1) is 0 Å². The standard InChI is InChI=1S/C26H21O4PS/c27-25(21-13-5-1-6-14-21)26(32(28,29)30)31(22-15-7-2-8-16-22,23-17-9-3-10-18-23)24-19-11-4-12-20-24/h1-20H,(H,28,29,30). The summed E-state index contributed by atoms with van der Waals surface area (Å²) in [6.45, 7) is -3.28. The minimum atomic E-state index is -4.90. The molecule has 0 saturated heterocycles. The highest BCUT2D eigenvalue weighted by Crippen LogP contribution is 2.47. The number of carbonyl (C=O) groups excluding carboxylic acids is 1. The second kappa shape index (κ2) is 9.09. The van der Waals surface area contributed by atoms with Crippen LogP contribution in [0.5, 0.6) is 0 Å². The highest BCUT2D eigenvalue weighted by Gasteiger charge is 2.39. The predicted molar refractivity (Wildman–Crippen MR) is 132 cm³/mol. The number of carbonyl (C=O) groups is 1. The Morgan fingerprint density at radius 2 is 0.875 bits per heavy atom. The summed E-state index contributed by atoms with van der Waals surface area (Å²) in [6.07, 6.45) is 0. The van der Waals surface area contributed by atoms with Crippen molar-refractivity contribution in [1.29, 1.82) is 0 Å². The zero-order valence-electron chi connectivity index (χ0n) is 17.1. The van der Waals surface area contributed by atoms with Gasteiger partial charge in [0, 0.05) is 12.4 Å². The Balaban J connectivity index is 2.32. The number of ketones is 1. The second-order valence-electron chi connectivity index (χ2n) is 7.15. The number of rotatable bonds is 6. The van der Waals surface area contributed by atoms with Crippen molar-refractivity contribution in [2.45, 2.75) is 0 Å². The maximum absolute atomic E-state index is 13.8. The van der Waals surface area contributed by atoms with Gasteiger partial charge in [-0.1, -0.05) is 121 Å². The molecule has 0 aromatic heterocycles. The minimum absolute atomic E-state index is 0.201. The molecule has 0 amide bonds. The first-order valence-corrected chi connectivity index (χ1v) is 13.2. The molecule has 0 aliphatic rings. The third-order valence-corrected chi connectivity index (χ3v) is 11.4. The number of Topliss-reactive ketones (excluding diaryl/α,β-unsaturated/α-hetero) is 1. The van der Waals surface area contributed by atoms with E-state index in [4.69, 9.17) is 0 Å². The van der Waals surface area contributed by atoms with Crippen molar-refractivity contribution in [1.82, 2.24) is 0 Å². The summed E-state index contributed by atoms with van der Waals surface area (Å²) in [5.74, 6) is -0.710. The molecular weight excluding hydrogens is 439 g/mol. The van der Waals surface area contributed by atoms with Gasteiger partial charge in [-0.25, -0.2) is 0 Å². The highest BCUT2D eigenvalue weighted by molar-refractivity contribution is 8.19. The molecule has 0 bridgehead atoms. The zero-order chi connectivity index (χ0) is 22.6. The second-order valence-corrected chi connectivity index (χ2v) is 12.2. The van der Waals surface area contributed by atoms with Gasteiger partial charge in [0.25, 0.3) is 10.1 Å². The van der Waals surface area contributed by atoms with E-state index in [-0.39, 0.29) is 5.56 Å². The van der Waals surface area contributed by atoms with E-state index < -0.39 is 27.4 Å². The average Bonchev–Trinajstić information content (AvgIpc) is 2.83. The van der Waals surface area contributed by atoms with Crippen molar-refractivity contribution >= 4 is 43.3 Å². The van der Waals surface area contributed by atoms with Gasteiger partial charge < -0.3 is 0 Å². The van der Waals surface area contributed by atoms with Crippen LogP contribution in [0.3, 0.4) is 0 Å². The summed E-state index contributed by atoms with van der Waals surface area (Å²) in [7, 11) is -4.90. The van der Waals surface area contributed by atoms with Gasteiger partial charge in [0.15, 0.2) is 4.63 Å². The van der Waals surface area contributed by atoms with Crippen LogP contribution in [-0.2, 0) is 10.1 Å².